The first kappa shape index (κ1) is 18.5. The van der Waals surface area contributed by atoms with Gasteiger partial charge in [-0.1, -0.05) is 6.07 Å². The number of amides is 2. The number of benzene rings is 1. The molecule has 1 aromatic carbocycles. The Morgan fingerprint density at radius 3 is 2.96 bits per heavy atom. The fourth-order valence-electron chi connectivity index (χ4n) is 2.76. The fourth-order valence-corrected chi connectivity index (χ4v) is 3.60. The molecule has 2 N–H and O–H groups in total. The lowest BCUT2D eigenvalue weighted by Gasteiger charge is -2.31. The number of hydrogen-bond donors (Lipinski definition) is 2. The van der Waals surface area contributed by atoms with Crippen molar-refractivity contribution in [2.24, 2.45) is 0 Å². The van der Waals surface area contributed by atoms with E-state index in [0.29, 0.717) is 24.4 Å². The molecule has 0 bridgehead atoms. The third-order valence-electron chi connectivity index (χ3n) is 4.06. The number of carbonyl (C=O) groups is 1. The summed E-state index contributed by atoms with van der Waals surface area (Å²) in [5.74, 6) is 0. The molecule has 1 aromatic heterocycles. The molecule has 0 saturated carbocycles. The summed E-state index contributed by atoms with van der Waals surface area (Å²) in [7, 11) is -3.26. The van der Waals surface area contributed by atoms with Gasteiger partial charge < -0.3 is 15.4 Å². The normalized spacial score (nSPS) is 18.6. The van der Waals surface area contributed by atoms with Gasteiger partial charge >= 0.3 is 6.03 Å². The van der Waals surface area contributed by atoms with Crippen LogP contribution < -0.4 is 10.6 Å². The summed E-state index contributed by atoms with van der Waals surface area (Å²) in [4.78, 5) is 12.2. The summed E-state index contributed by atoms with van der Waals surface area (Å²) >= 11 is 0. The maximum Gasteiger partial charge on any atom is 0.319 e. The van der Waals surface area contributed by atoms with Crippen molar-refractivity contribution in [2.45, 2.75) is 13.0 Å². The number of urea groups is 1. The van der Waals surface area contributed by atoms with Gasteiger partial charge in [-0.15, -0.1) is 0 Å². The Kier molecular flexibility index (Phi) is 5.35. The van der Waals surface area contributed by atoms with Crippen LogP contribution in [0.25, 0.3) is 10.9 Å². The van der Waals surface area contributed by atoms with E-state index >= 15 is 0 Å². The Morgan fingerprint density at radius 1 is 1.38 bits per heavy atom. The maximum absolute atomic E-state index is 12.2. The number of morpholine rings is 1. The molecule has 1 aliphatic heterocycles. The topological polar surface area (TPSA) is 114 Å². The van der Waals surface area contributed by atoms with E-state index in [-0.39, 0.29) is 19.2 Å². The maximum atomic E-state index is 12.2. The van der Waals surface area contributed by atoms with Crippen LogP contribution in [0.15, 0.2) is 24.3 Å². The third-order valence-corrected chi connectivity index (χ3v) is 5.33. The van der Waals surface area contributed by atoms with Crippen LogP contribution in [-0.2, 0) is 14.8 Å². The van der Waals surface area contributed by atoms with Crippen LogP contribution in [0.4, 0.5) is 10.5 Å². The predicted molar refractivity (Wildman–Crippen MR) is 97.5 cm³/mol. The summed E-state index contributed by atoms with van der Waals surface area (Å²) < 4.78 is 30.1. The Bertz CT molecular complexity index is 918. The van der Waals surface area contributed by atoms with E-state index in [9.17, 15) is 13.2 Å². The van der Waals surface area contributed by atoms with Gasteiger partial charge in [0.2, 0.25) is 10.0 Å². The second-order valence-corrected chi connectivity index (χ2v) is 8.16. The van der Waals surface area contributed by atoms with Gasteiger partial charge in [-0.3, -0.25) is 0 Å². The highest BCUT2D eigenvalue weighted by Gasteiger charge is 2.26. The number of nitrogens with one attached hydrogen (secondary N) is 2. The molecule has 0 aliphatic carbocycles. The molecule has 1 unspecified atom stereocenters. The summed E-state index contributed by atoms with van der Waals surface area (Å²) in [6.07, 6.45) is 0.783. The summed E-state index contributed by atoms with van der Waals surface area (Å²) in [5, 5.41) is 14.4. The Labute approximate surface area is 151 Å². The van der Waals surface area contributed by atoms with E-state index in [1.54, 1.807) is 12.1 Å². The van der Waals surface area contributed by atoms with Crippen LogP contribution in [-0.4, -0.2) is 67.6 Å². The third kappa shape index (κ3) is 4.45. The molecule has 0 radical (unpaired) electrons. The van der Waals surface area contributed by atoms with Gasteiger partial charge in [0.1, 0.15) is 0 Å². The summed E-state index contributed by atoms with van der Waals surface area (Å²) in [6, 6.07) is 6.85. The second kappa shape index (κ2) is 7.52. The molecule has 1 atom stereocenters. The number of sulfonamides is 1. The van der Waals surface area contributed by atoms with Gasteiger partial charge in [0.25, 0.3) is 0 Å². The molecule has 1 aliphatic rings. The quantitative estimate of drug-likeness (QED) is 0.809. The van der Waals surface area contributed by atoms with Crippen LogP contribution in [0.1, 0.15) is 5.69 Å². The molecule has 3 rings (SSSR count). The van der Waals surface area contributed by atoms with E-state index in [1.165, 1.54) is 10.6 Å². The number of rotatable bonds is 4. The van der Waals surface area contributed by atoms with E-state index in [4.69, 9.17) is 4.74 Å². The number of ether oxygens (including phenoxy) is 1. The zero-order valence-corrected chi connectivity index (χ0v) is 15.4. The van der Waals surface area contributed by atoms with Gasteiger partial charge in [-0.2, -0.15) is 14.5 Å². The summed E-state index contributed by atoms with van der Waals surface area (Å²) in [6.45, 7) is 2.90. The number of anilines is 1. The molecule has 140 valence electrons. The van der Waals surface area contributed by atoms with Gasteiger partial charge in [-0.05, 0) is 25.1 Å². The van der Waals surface area contributed by atoms with Crippen molar-refractivity contribution >= 4 is 32.6 Å². The van der Waals surface area contributed by atoms with E-state index in [0.717, 1.165) is 11.1 Å². The smallest absolute Gasteiger partial charge is 0.319 e. The van der Waals surface area contributed by atoms with Crippen molar-refractivity contribution in [1.82, 2.24) is 19.8 Å². The van der Waals surface area contributed by atoms with Gasteiger partial charge in [0.15, 0.2) is 0 Å². The Balaban J connectivity index is 1.61. The lowest BCUT2D eigenvalue weighted by Crippen LogP contribution is -2.49. The average molecular weight is 379 g/mol. The number of fused-ring (bicyclic) bond motifs is 1. The number of carbonyl (C=O) groups excluding carboxylic acids is 1. The molecule has 2 amide bonds. The predicted octanol–water partition coefficient (Wildman–Crippen LogP) is 0.720. The van der Waals surface area contributed by atoms with Crippen molar-refractivity contribution in [2.75, 3.05) is 37.8 Å². The van der Waals surface area contributed by atoms with E-state index < -0.39 is 16.1 Å². The van der Waals surface area contributed by atoms with Gasteiger partial charge in [-0.25, -0.2) is 13.2 Å². The van der Waals surface area contributed by atoms with Crippen molar-refractivity contribution in [3.05, 3.63) is 30.0 Å². The zero-order chi connectivity index (χ0) is 18.7. The number of hydrogen-bond acceptors (Lipinski definition) is 6. The molecule has 10 heteroatoms. The standard InChI is InChI=1S/C16H21N5O4S/c1-11-8-13-14(4-3-5-15(13)20-19-11)18-16(22)17-9-12-10-21(6-7-25-12)26(2,23)24/h3-5,8,12H,6-7,9-10H2,1-2H3,(H2,17,18,22). The zero-order valence-electron chi connectivity index (χ0n) is 14.6. The minimum Gasteiger partial charge on any atom is -0.374 e. The Morgan fingerprint density at radius 2 is 2.19 bits per heavy atom. The monoisotopic (exact) mass is 379 g/mol. The van der Waals surface area contributed by atoms with Crippen LogP contribution in [0, 0.1) is 6.92 Å². The number of nitrogens with zero attached hydrogens (tertiary/aromatic N) is 3. The fraction of sp³-hybridized carbons (Fsp3) is 0.438. The van der Waals surface area contributed by atoms with Crippen LogP contribution >= 0.6 is 0 Å². The van der Waals surface area contributed by atoms with Crippen LogP contribution in [0.5, 0.6) is 0 Å². The lowest BCUT2D eigenvalue weighted by atomic mass is 10.2. The minimum atomic E-state index is -3.26. The SMILES string of the molecule is Cc1cc2c(NC(=O)NCC3CN(S(C)(=O)=O)CCO3)cccc2nn1. The Hall–Kier alpha value is -2.30. The highest BCUT2D eigenvalue weighted by atomic mass is 32.2. The molecule has 26 heavy (non-hydrogen) atoms. The molecule has 1 saturated heterocycles. The molecule has 2 heterocycles. The van der Waals surface area contributed by atoms with Gasteiger partial charge in [0.05, 0.1) is 35.9 Å². The first-order valence-electron chi connectivity index (χ1n) is 8.17. The van der Waals surface area contributed by atoms with Gasteiger partial charge in [0, 0.05) is 25.0 Å². The first-order chi connectivity index (χ1) is 12.3. The minimum absolute atomic E-state index is 0.210. The number of aryl methyl sites for hydroxylation is 1. The van der Waals surface area contributed by atoms with E-state index in [1.807, 2.05) is 19.1 Å². The molecule has 2 aromatic rings. The molecule has 9 nitrogen and oxygen atoms in total. The molecular formula is C16H21N5O4S. The second-order valence-electron chi connectivity index (χ2n) is 6.17. The molecular weight excluding hydrogens is 358 g/mol. The van der Waals surface area contributed by atoms with Crippen molar-refractivity contribution in [3.63, 3.8) is 0 Å². The molecule has 1 fully saturated rings. The lowest BCUT2D eigenvalue weighted by molar-refractivity contribution is 0.00167. The molecule has 0 spiro atoms. The average Bonchev–Trinajstić information content (AvgIpc) is 2.60. The highest BCUT2D eigenvalue weighted by Crippen LogP contribution is 2.21. The van der Waals surface area contributed by atoms with Crippen molar-refractivity contribution in [1.29, 1.82) is 0 Å². The van der Waals surface area contributed by atoms with Crippen LogP contribution in [0.2, 0.25) is 0 Å². The summed E-state index contributed by atoms with van der Waals surface area (Å²) in [5.41, 5.74) is 2.07. The first-order valence-corrected chi connectivity index (χ1v) is 10.0. The van der Waals surface area contributed by atoms with Crippen molar-refractivity contribution < 1.29 is 17.9 Å². The number of aromatic nitrogens is 2. The largest absolute Gasteiger partial charge is 0.374 e. The van der Waals surface area contributed by atoms with E-state index in [2.05, 4.69) is 20.8 Å². The van der Waals surface area contributed by atoms with Crippen molar-refractivity contribution in [3.8, 4) is 0 Å². The van der Waals surface area contributed by atoms with Crippen LogP contribution in [0.3, 0.4) is 0 Å². The highest BCUT2D eigenvalue weighted by molar-refractivity contribution is 7.88.